The number of aryl methyl sites for hydroxylation is 4. The third kappa shape index (κ3) is 3.72. The molecular weight excluding hydrogens is 326 g/mol. The predicted octanol–water partition coefficient (Wildman–Crippen LogP) is 3.86. The zero-order chi connectivity index (χ0) is 18.7. The number of aromatic nitrogens is 2. The summed E-state index contributed by atoms with van der Waals surface area (Å²) < 4.78 is 3.49. The lowest BCUT2D eigenvalue weighted by atomic mass is 10.1. The molecule has 0 atom stereocenters. The van der Waals surface area contributed by atoms with Crippen LogP contribution in [0.1, 0.15) is 30.9 Å². The van der Waals surface area contributed by atoms with Gasteiger partial charge in [0.2, 0.25) is 5.91 Å². The summed E-state index contributed by atoms with van der Waals surface area (Å²) in [6.45, 7) is 7.11. The molecule has 0 spiro atoms. The van der Waals surface area contributed by atoms with Crippen molar-refractivity contribution in [2.24, 2.45) is 0 Å². The van der Waals surface area contributed by atoms with Gasteiger partial charge in [0.15, 0.2) is 0 Å². The fraction of sp³-hybridized carbons (Fsp3) is 0.333. The highest BCUT2D eigenvalue weighted by Crippen LogP contribution is 2.16. The standard InChI is InChI=1S/C21H25N3O2/c1-4-10-23-18-7-5-6-8-19(18)24(21(23)26)11-9-20(25)22-17-13-15(2)12-16(3)14-17/h5-8,12-14H,4,9-11H2,1-3H3,(H,22,25). The zero-order valence-electron chi connectivity index (χ0n) is 15.6. The lowest BCUT2D eigenvalue weighted by Gasteiger charge is -2.08. The Bertz CT molecular complexity index is 978. The van der Waals surface area contributed by atoms with E-state index in [0.717, 1.165) is 34.3 Å². The number of carbonyl (C=O) groups excluding carboxylic acids is 1. The molecule has 5 nitrogen and oxygen atoms in total. The lowest BCUT2D eigenvalue weighted by Crippen LogP contribution is -2.26. The van der Waals surface area contributed by atoms with E-state index in [2.05, 4.69) is 18.3 Å². The first kappa shape index (κ1) is 18.0. The normalized spacial score (nSPS) is 11.0. The second-order valence-corrected chi connectivity index (χ2v) is 6.75. The maximum Gasteiger partial charge on any atom is 0.329 e. The molecule has 0 bridgehead atoms. The molecule has 3 aromatic rings. The number of benzene rings is 2. The molecule has 3 rings (SSSR count). The van der Waals surface area contributed by atoms with E-state index in [0.29, 0.717) is 13.1 Å². The molecule has 0 saturated heterocycles. The number of rotatable bonds is 6. The first-order chi connectivity index (χ1) is 12.5. The summed E-state index contributed by atoms with van der Waals surface area (Å²) in [6.07, 6.45) is 1.15. The van der Waals surface area contributed by atoms with Crippen molar-refractivity contribution in [3.63, 3.8) is 0 Å². The minimum absolute atomic E-state index is 0.0488. The number of nitrogens with zero attached hydrogens (tertiary/aromatic N) is 2. The van der Waals surface area contributed by atoms with Gasteiger partial charge in [0, 0.05) is 25.2 Å². The van der Waals surface area contributed by atoms with Gasteiger partial charge in [-0.3, -0.25) is 13.9 Å². The summed E-state index contributed by atoms with van der Waals surface area (Å²) >= 11 is 0. The van der Waals surface area contributed by atoms with E-state index in [9.17, 15) is 9.59 Å². The van der Waals surface area contributed by atoms with Crippen LogP contribution in [0.15, 0.2) is 47.3 Å². The maximum atomic E-state index is 12.7. The number of para-hydroxylation sites is 2. The third-order valence-corrected chi connectivity index (χ3v) is 4.44. The van der Waals surface area contributed by atoms with Crippen LogP contribution in [0.2, 0.25) is 0 Å². The van der Waals surface area contributed by atoms with Crippen molar-refractivity contribution in [1.82, 2.24) is 9.13 Å². The van der Waals surface area contributed by atoms with Crippen LogP contribution in [0, 0.1) is 13.8 Å². The molecule has 5 heteroatoms. The van der Waals surface area contributed by atoms with E-state index in [1.54, 1.807) is 9.13 Å². The van der Waals surface area contributed by atoms with Crippen LogP contribution >= 0.6 is 0 Å². The Labute approximate surface area is 153 Å². The smallest absolute Gasteiger partial charge is 0.326 e. The largest absolute Gasteiger partial charge is 0.329 e. The number of hydrogen-bond acceptors (Lipinski definition) is 2. The summed E-state index contributed by atoms with van der Waals surface area (Å²) in [4.78, 5) is 25.1. The van der Waals surface area contributed by atoms with Crippen molar-refractivity contribution in [3.05, 3.63) is 64.1 Å². The van der Waals surface area contributed by atoms with Gasteiger partial charge in [0.05, 0.1) is 11.0 Å². The number of anilines is 1. The summed E-state index contributed by atoms with van der Waals surface area (Å²) in [5, 5.41) is 2.93. The Kier molecular flexibility index (Phi) is 5.26. The minimum atomic E-state index is -0.0887. The molecule has 0 radical (unpaired) electrons. The van der Waals surface area contributed by atoms with Crippen molar-refractivity contribution in [3.8, 4) is 0 Å². The number of amides is 1. The molecule has 0 aliphatic heterocycles. The summed E-state index contributed by atoms with van der Waals surface area (Å²) in [7, 11) is 0. The number of fused-ring (bicyclic) bond motifs is 1. The fourth-order valence-corrected chi connectivity index (χ4v) is 3.41. The molecule has 136 valence electrons. The van der Waals surface area contributed by atoms with Gasteiger partial charge in [0.1, 0.15) is 0 Å². The average Bonchev–Trinajstić information content (AvgIpc) is 2.84. The molecular formula is C21H25N3O2. The molecule has 1 N–H and O–H groups in total. The van der Waals surface area contributed by atoms with Gasteiger partial charge in [-0.2, -0.15) is 0 Å². The highest BCUT2D eigenvalue weighted by atomic mass is 16.2. The van der Waals surface area contributed by atoms with E-state index >= 15 is 0 Å². The predicted molar refractivity (Wildman–Crippen MR) is 106 cm³/mol. The first-order valence-electron chi connectivity index (χ1n) is 9.06. The Morgan fingerprint density at radius 2 is 1.54 bits per heavy atom. The molecule has 1 amide bonds. The number of nitrogens with one attached hydrogen (secondary N) is 1. The average molecular weight is 351 g/mol. The van der Waals surface area contributed by atoms with Crippen molar-refractivity contribution in [2.45, 2.75) is 46.7 Å². The molecule has 2 aromatic carbocycles. The SMILES string of the molecule is CCCn1c(=O)n(CCC(=O)Nc2cc(C)cc(C)c2)c2ccccc21. The first-order valence-corrected chi connectivity index (χ1v) is 9.06. The van der Waals surface area contributed by atoms with Gasteiger partial charge in [-0.05, 0) is 55.7 Å². The molecule has 0 fully saturated rings. The summed E-state index contributed by atoms with van der Waals surface area (Å²) in [5.41, 5.74) is 4.78. The molecule has 0 saturated carbocycles. The van der Waals surface area contributed by atoms with Crippen LogP contribution in [0.25, 0.3) is 11.0 Å². The molecule has 1 heterocycles. The monoisotopic (exact) mass is 351 g/mol. The summed E-state index contributed by atoms with van der Waals surface area (Å²) in [6, 6.07) is 13.7. The highest BCUT2D eigenvalue weighted by molar-refractivity contribution is 5.91. The molecule has 0 aliphatic carbocycles. The Morgan fingerprint density at radius 3 is 2.12 bits per heavy atom. The van der Waals surface area contributed by atoms with Crippen LogP contribution in [-0.4, -0.2) is 15.0 Å². The van der Waals surface area contributed by atoms with Crippen molar-refractivity contribution >= 4 is 22.6 Å². The summed E-state index contributed by atoms with van der Waals surface area (Å²) in [5.74, 6) is -0.0887. The van der Waals surface area contributed by atoms with Crippen molar-refractivity contribution in [1.29, 1.82) is 0 Å². The topological polar surface area (TPSA) is 56.0 Å². The van der Waals surface area contributed by atoms with Gasteiger partial charge < -0.3 is 5.32 Å². The lowest BCUT2D eigenvalue weighted by molar-refractivity contribution is -0.116. The minimum Gasteiger partial charge on any atom is -0.326 e. The van der Waals surface area contributed by atoms with Gasteiger partial charge in [-0.15, -0.1) is 0 Å². The van der Waals surface area contributed by atoms with Gasteiger partial charge in [0.25, 0.3) is 0 Å². The molecule has 1 aromatic heterocycles. The molecule has 0 unspecified atom stereocenters. The van der Waals surface area contributed by atoms with Crippen LogP contribution in [0.5, 0.6) is 0 Å². The molecule has 26 heavy (non-hydrogen) atoms. The van der Waals surface area contributed by atoms with Crippen molar-refractivity contribution < 1.29 is 4.79 Å². The van der Waals surface area contributed by atoms with Crippen LogP contribution < -0.4 is 11.0 Å². The fourth-order valence-electron chi connectivity index (χ4n) is 3.41. The van der Waals surface area contributed by atoms with Gasteiger partial charge in [-0.1, -0.05) is 25.1 Å². The van der Waals surface area contributed by atoms with Gasteiger partial charge >= 0.3 is 5.69 Å². The highest BCUT2D eigenvalue weighted by Gasteiger charge is 2.13. The van der Waals surface area contributed by atoms with E-state index in [4.69, 9.17) is 0 Å². The van der Waals surface area contributed by atoms with Crippen LogP contribution in [0.4, 0.5) is 5.69 Å². The number of carbonyl (C=O) groups is 1. The van der Waals surface area contributed by atoms with E-state index in [1.165, 1.54) is 0 Å². The third-order valence-electron chi connectivity index (χ3n) is 4.44. The Morgan fingerprint density at radius 1 is 0.962 bits per heavy atom. The van der Waals surface area contributed by atoms with E-state index in [-0.39, 0.29) is 18.0 Å². The van der Waals surface area contributed by atoms with E-state index in [1.807, 2.05) is 50.2 Å². The second-order valence-electron chi connectivity index (χ2n) is 6.75. The van der Waals surface area contributed by atoms with E-state index < -0.39 is 0 Å². The quantitative estimate of drug-likeness (QED) is 0.733. The Balaban J connectivity index is 1.78. The van der Waals surface area contributed by atoms with Crippen molar-refractivity contribution in [2.75, 3.05) is 5.32 Å². The maximum absolute atomic E-state index is 12.7. The second kappa shape index (κ2) is 7.60. The Hall–Kier alpha value is -2.82. The zero-order valence-corrected chi connectivity index (χ0v) is 15.6. The number of hydrogen-bond donors (Lipinski definition) is 1. The molecule has 0 aliphatic rings. The van der Waals surface area contributed by atoms with Gasteiger partial charge in [-0.25, -0.2) is 4.79 Å². The van der Waals surface area contributed by atoms with Crippen LogP contribution in [0.3, 0.4) is 0 Å². The van der Waals surface area contributed by atoms with Crippen LogP contribution in [-0.2, 0) is 17.9 Å². The number of imidazole rings is 1.